The molecule has 0 spiro atoms. The van der Waals surface area contributed by atoms with Crippen molar-refractivity contribution >= 4 is 17.6 Å². The zero-order valence-electron chi connectivity index (χ0n) is 10.8. The minimum Gasteiger partial charge on any atom is -0.384 e. The first-order valence-electron chi connectivity index (χ1n) is 5.95. The van der Waals surface area contributed by atoms with Gasteiger partial charge in [-0.05, 0) is 23.8 Å². The van der Waals surface area contributed by atoms with E-state index in [4.69, 9.17) is 11.1 Å². The SMILES string of the molecule is N=C(N)c1cccc(CSc2ccc(C(F)(F)F)cn2)c1. The highest BCUT2D eigenvalue weighted by atomic mass is 32.2. The van der Waals surface area contributed by atoms with Gasteiger partial charge < -0.3 is 5.73 Å². The van der Waals surface area contributed by atoms with Crippen LogP contribution in [0.3, 0.4) is 0 Å². The summed E-state index contributed by atoms with van der Waals surface area (Å²) >= 11 is 1.32. The summed E-state index contributed by atoms with van der Waals surface area (Å²) < 4.78 is 37.2. The molecule has 0 aliphatic rings. The lowest BCUT2D eigenvalue weighted by Crippen LogP contribution is -2.10. The van der Waals surface area contributed by atoms with Crippen molar-refractivity contribution in [3.8, 4) is 0 Å². The number of amidine groups is 1. The second kappa shape index (κ2) is 6.17. The van der Waals surface area contributed by atoms with Crippen molar-refractivity contribution in [2.75, 3.05) is 0 Å². The summed E-state index contributed by atoms with van der Waals surface area (Å²) in [7, 11) is 0. The van der Waals surface area contributed by atoms with Crippen LogP contribution in [-0.2, 0) is 11.9 Å². The van der Waals surface area contributed by atoms with Gasteiger partial charge in [-0.25, -0.2) is 4.98 Å². The third-order valence-corrected chi connectivity index (χ3v) is 3.70. The smallest absolute Gasteiger partial charge is 0.384 e. The Morgan fingerprint density at radius 2 is 2.00 bits per heavy atom. The molecule has 0 aliphatic carbocycles. The molecule has 1 heterocycles. The Hall–Kier alpha value is -2.02. The maximum Gasteiger partial charge on any atom is 0.417 e. The number of nitrogens with zero attached hydrogens (tertiary/aromatic N) is 1. The zero-order chi connectivity index (χ0) is 15.5. The van der Waals surface area contributed by atoms with E-state index >= 15 is 0 Å². The van der Waals surface area contributed by atoms with E-state index in [9.17, 15) is 13.2 Å². The molecule has 0 fully saturated rings. The van der Waals surface area contributed by atoms with Crippen LogP contribution < -0.4 is 5.73 Å². The Bertz CT molecular complexity index is 639. The van der Waals surface area contributed by atoms with Crippen molar-refractivity contribution in [3.63, 3.8) is 0 Å². The van der Waals surface area contributed by atoms with Crippen LogP contribution in [0.5, 0.6) is 0 Å². The van der Waals surface area contributed by atoms with Gasteiger partial charge in [0.2, 0.25) is 0 Å². The van der Waals surface area contributed by atoms with Gasteiger partial charge >= 0.3 is 6.18 Å². The molecule has 2 rings (SSSR count). The van der Waals surface area contributed by atoms with Gasteiger partial charge in [0.1, 0.15) is 5.84 Å². The van der Waals surface area contributed by atoms with Crippen LogP contribution in [0, 0.1) is 5.41 Å². The predicted molar refractivity (Wildman–Crippen MR) is 76.3 cm³/mol. The predicted octanol–water partition coefficient (Wildman–Crippen LogP) is 3.68. The van der Waals surface area contributed by atoms with E-state index in [-0.39, 0.29) is 5.84 Å². The number of nitrogen functional groups attached to an aromatic ring is 1. The van der Waals surface area contributed by atoms with Crippen molar-refractivity contribution < 1.29 is 13.2 Å². The number of alkyl halides is 3. The second-order valence-electron chi connectivity index (χ2n) is 4.29. The molecule has 0 saturated carbocycles. The summed E-state index contributed by atoms with van der Waals surface area (Å²) in [4.78, 5) is 3.79. The third-order valence-electron chi connectivity index (χ3n) is 2.69. The fourth-order valence-corrected chi connectivity index (χ4v) is 2.40. The summed E-state index contributed by atoms with van der Waals surface area (Å²) in [5, 5.41) is 7.87. The summed E-state index contributed by atoms with van der Waals surface area (Å²) in [5.74, 6) is 0.522. The standard InChI is InChI=1S/C14H12F3N3S/c15-14(16,17)11-4-5-12(20-7-11)21-8-9-2-1-3-10(6-9)13(18)19/h1-7H,8H2,(H3,18,19). The van der Waals surface area contributed by atoms with Crippen molar-refractivity contribution in [3.05, 3.63) is 59.3 Å². The largest absolute Gasteiger partial charge is 0.417 e. The molecule has 0 radical (unpaired) electrons. The normalized spacial score (nSPS) is 11.4. The molecule has 0 saturated heterocycles. The number of benzene rings is 1. The van der Waals surface area contributed by atoms with Gasteiger partial charge in [-0.1, -0.05) is 18.2 Å². The fraction of sp³-hybridized carbons (Fsp3) is 0.143. The lowest BCUT2D eigenvalue weighted by atomic mass is 10.1. The maximum absolute atomic E-state index is 12.4. The molecule has 1 aromatic heterocycles. The fourth-order valence-electron chi connectivity index (χ4n) is 1.62. The van der Waals surface area contributed by atoms with Gasteiger partial charge in [0.05, 0.1) is 10.6 Å². The number of hydrogen-bond donors (Lipinski definition) is 2. The molecular weight excluding hydrogens is 299 g/mol. The number of rotatable bonds is 4. The Balaban J connectivity index is 2.03. The van der Waals surface area contributed by atoms with Crippen molar-refractivity contribution in [1.82, 2.24) is 4.98 Å². The average molecular weight is 311 g/mol. The molecule has 0 unspecified atom stereocenters. The molecular formula is C14H12F3N3S. The van der Waals surface area contributed by atoms with Crippen LogP contribution >= 0.6 is 11.8 Å². The monoisotopic (exact) mass is 311 g/mol. The molecule has 1 aromatic carbocycles. The van der Waals surface area contributed by atoms with Crippen LogP contribution in [0.4, 0.5) is 13.2 Å². The van der Waals surface area contributed by atoms with Crippen LogP contribution in [0.2, 0.25) is 0 Å². The Morgan fingerprint density at radius 3 is 2.57 bits per heavy atom. The zero-order valence-corrected chi connectivity index (χ0v) is 11.6. The number of nitrogens with two attached hydrogens (primary N) is 1. The van der Waals surface area contributed by atoms with Crippen molar-refractivity contribution in [2.24, 2.45) is 5.73 Å². The second-order valence-corrected chi connectivity index (χ2v) is 5.28. The van der Waals surface area contributed by atoms with Gasteiger partial charge in [0, 0.05) is 17.5 Å². The highest BCUT2D eigenvalue weighted by Gasteiger charge is 2.30. The van der Waals surface area contributed by atoms with E-state index in [0.717, 1.165) is 17.8 Å². The van der Waals surface area contributed by atoms with E-state index in [1.54, 1.807) is 18.2 Å². The quantitative estimate of drug-likeness (QED) is 0.514. The van der Waals surface area contributed by atoms with Crippen LogP contribution in [-0.4, -0.2) is 10.8 Å². The highest BCUT2D eigenvalue weighted by Crippen LogP contribution is 2.30. The average Bonchev–Trinajstić information content (AvgIpc) is 2.45. The number of pyridine rings is 1. The van der Waals surface area contributed by atoms with Crippen molar-refractivity contribution in [1.29, 1.82) is 5.41 Å². The number of hydrogen-bond acceptors (Lipinski definition) is 3. The van der Waals surface area contributed by atoms with Gasteiger partial charge in [-0.2, -0.15) is 13.2 Å². The van der Waals surface area contributed by atoms with E-state index in [0.29, 0.717) is 16.3 Å². The molecule has 0 atom stereocenters. The number of halogens is 3. The van der Waals surface area contributed by atoms with E-state index in [1.165, 1.54) is 17.8 Å². The van der Waals surface area contributed by atoms with E-state index < -0.39 is 11.7 Å². The maximum atomic E-state index is 12.4. The highest BCUT2D eigenvalue weighted by molar-refractivity contribution is 7.98. The van der Waals surface area contributed by atoms with Crippen LogP contribution in [0.15, 0.2) is 47.6 Å². The summed E-state index contributed by atoms with van der Waals surface area (Å²) in [6, 6.07) is 9.52. The topological polar surface area (TPSA) is 62.8 Å². The van der Waals surface area contributed by atoms with Gasteiger partial charge in [-0.3, -0.25) is 5.41 Å². The molecule has 21 heavy (non-hydrogen) atoms. The lowest BCUT2D eigenvalue weighted by molar-refractivity contribution is -0.137. The lowest BCUT2D eigenvalue weighted by Gasteiger charge is -2.07. The molecule has 3 nitrogen and oxygen atoms in total. The van der Waals surface area contributed by atoms with Gasteiger partial charge in [0.25, 0.3) is 0 Å². The Labute approximate surface area is 123 Å². The molecule has 3 N–H and O–H groups in total. The summed E-state index contributed by atoms with van der Waals surface area (Å²) in [6.45, 7) is 0. The molecule has 0 bridgehead atoms. The van der Waals surface area contributed by atoms with Gasteiger partial charge in [0.15, 0.2) is 0 Å². The Kier molecular flexibility index (Phi) is 4.52. The Morgan fingerprint density at radius 1 is 1.24 bits per heavy atom. The van der Waals surface area contributed by atoms with Crippen molar-refractivity contribution in [2.45, 2.75) is 17.0 Å². The third kappa shape index (κ3) is 4.22. The first-order chi connectivity index (χ1) is 9.86. The number of aromatic nitrogens is 1. The number of thioether (sulfide) groups is 1. The van der Waals surface area contributed by atoms with E-state index in [1.807, 2.05) is 6.07 Å². The molecule has 110 valence electrons. The van der Waals surface area contributed by atoms with E-state index in [2.05, 4.69) is 4.98 Å². The first-order valence-corrected chi connectivity index (χ1v) is 6.94. The first kappa shape index (κ1) is 15.4. The summed E-state index contributed by atoms with van der Waals surface area (Å²) in [6.07, 6.45) is -3.54. The van der Waals surface area contributed by atoms with Crippen LogP contribution in [0.1, 0.15) is 16.7 Å². The number of nitrogens with one attached hydrogen (secondary N) is 1. The van der Waals surface area contributed by atoms with Crippen LogP contribution in [0.25, 0.3) is 0 Å². The minimum absolute atomic E-state index is 0.0190. The van der Waals surface area contributed by atoms with Gasteiger partial charge in [-0.15, -0.1) is 11.8 Å². The summed E-state index contributed by atoms with van der Waals surface area (Å²) in [5.41, 5.74) is 6.19. The molecule has 0 aliphatic heterocycles. The minimum atomic E-state index is -4.37. The molecule has 0 amide bonds. The molecule has 2 aromatic rings. The molecule has 7 heteroatoms.